The Bertz CT molecular complexity index is 544. The lowest BCUT2D eigenvalue weighted by Crippen LogP contribution is -2.53. The van der Waals surface area contributed by atoms with Gasteiger partial charge in [-0.1, -0.05) is 49.4 Å². The van der Waals surface area contributed by atoms with E-state index in [1.807, 2.05) is 18.2 Å². The van der Waals surface area contributed by atoms with Gasteiger partial charge in [-0.05, 0) is 37.7 Å². The lowest BCUT2D eigenvalue weighted by molar-refractivity contribution is -0.181. The molecule has 3 rings (SSSR count). The van der Waals surface area contributed by atoms with Gasteiger partial charge in [-0.25, -0.2) is 0 Å². The maximum absolute atomic E-state index is 12.2. The summed E-state index contributed by atoms with van der Waals surface area (Å²) in [5, 5.41) is 0. The third-order valence-corrected chi connectivity index (χ3v) is 5.28. The molecule has 2 bridgehead atoms. The lowest BCUT2D eigenvalue weighted by Gasteiger charge is -2.50. The van der Waals surface area contributed by atoms with E-state index in [4.69, 9.17) is 4.74 Å². The van der Waals surface area contributed by atoms with E-state index >= 15 is 0 Å². The molecule has 1 aromatic carbocycles. The molecule has 2 nitrogen and oxygen atoms in total. The van der Waals surface area contributed by atoms with E-state index in [9.17, 15) is 4.79 Å². The van der Waals surface area contributed by atoms with E-state index < -0.39 is 0 Å². The van der Waals surface area contributed by atoms with Crippen molar-refractivity contribution < 1.29 is 9.53 Å². The maximum atomic E-state index is 12.2. The number of hydrogen-bond acceptors (Lipinski definition) is 2. The third-order valence-electron chi connectivity index (χ3n) is 5.28. The van der Waals surface area contributed by atoms with Crippen LogP contribution in [0.4, 0.5) is 0 Å². The van der Waals surface area contributed by atoms with Crippen LogP contribution in [0.2, 0.25) is 0 Å². The van der Waals surface area contributed by atoms with Crippen LogP contribution in [0.25, 0.3) is 6.08 Å². The first-order valence-corrected chi connectivity index (χ1v) is 7.91. The minimum Gasteiger partial charge on any atom is -0.368 e. The van der Waals surface area contributed by atoms with Gasteiger partial charge in [0.1, 0.15) is 5.78 Å². The van der Waals surface area contributed by atoms with Gasteiger partial charge in [-0.15, -0.1) is 0 Å². The van der Waals surface area contributed by atoms with Crippen molar-refractivity contribution in [3.63, 3.8) is 0 Å². The number of carbonyl (C=O) groups is 1. The van der Waals surface area contributed by atoms with E-state index in [1.165, 1.54) is 5.56 Å². The van der Waals surface area contributed by atoms with Gasteiger partial charge in [-0.3, -0.25) is 4.79 Å². The van der Waals surface area contributed by atoms with Crippen molar-refractivity contribution in [3.05, 3.63) is 42.0 Å². The highest BCUT2D eigenvalue weighted by molar-refractivity contribution is 5.82. The molecule has 1 aromatic rings. The summed E-state index contributed by atoms with van der Waals surface area (Å²) in [6.45, 7) is 6.31. The van der Waals surface area contributed by atoms with E-state index in [1.54, 1.807) is 0 Å². The van der Waals surface area contributed by atoms with Gasteiger partial charge in [0, 0.05) is 12.3 Å². The summed E-state index contributed by atoms with van der Waals surface area (Å²) in [5.74, 6) is 1.21. The van der Waals surface area contributed by atoms with Gasteiger partial charge >= 0.3 is 0 Å². The van der Waals surface area contributed by atoms with Crippen LogP contribution in [0.3, 0.4) is 0 Å². The summed E-state index contributed by atoms with van der Waals surface area (Å²) in [7, 11) is 0. The molecule has 21 heavy (non-hydrogen) atoms. The van der Waals surface area contributed by atoms with Crippen LogP contribution >= 0.6 is 0 Å². The Morgan fingerprint density at radius 3 is 2.67 bits per heavy atom. The standard InChI is InChI=1S/C19H24O2/c1-13-16-11-15(12-17(13)20)19(2,3)21-18(16)10-9-14-7-5-4-6-8-14/h4-10,13,15-16,18H,11-12H2,1-3H3/b10-9+/t13-,15+,16-,18-/m0/s1. The average molecular weight is 284 g/mol. The molecule has 0 aromatic heterocycles. The molecule has 1 saturated carbocycles. The van der Waals surface area contributed by atoms with E-state index in [0.29, 0.717) is 24.0 Å². The smallest absolute Gasteiger partial charge is 0.136 e. The highest BCUT2D eigenvalue weighted by Crippen LogP contribution is 2.46. The average Bonchev–Trinajstić information content (AvgIpc) is 2.46. The van der Waals surface area contributed by atoms with Gasteiger partial charge in [0.15, 0.2) is 0 Å². The number of rotatable bonds is 2. The van der Waals surface area contributed by atoms with Crippen molar-refractivity contribution in [1.82, 2.24) is 0 Å². The Hall–Kier alpha value is -1.41. The fourth-order valence-corrected chi connectivity index (χ4v) is 3.72. The van der Waals surface area contributed by atoms with Crippen molar-refractivity contribution >= 4 is 11.9 Å². The molecular formula is C19H24O2. The number of carbonyl (C=O) groups excluding carboxylic acids is 1. The van der Waals surface area contributed by atoms with Gasteiger partial charge in [-0.2, -0.15) is 0 Å². The fourth-order valence-electron chi connectivity index (χ4n) is 3.72. The molecule has 112 valence electrons. The Labute approximate surface area is 127 Å². The normalized spacial score (nSPS) is 35.1. The van der Waals surface area contributed by atoms with Crippen molar-refractivity contribution in [3.8, 4) is 0 Å². The van der Waals surface area contributed by atoms with Gasteiger partial charge < -0.3 is 4.74 Å². The Morgan fingerprint density at radius 1 is 1.24 bits per heavy atom. The Morgan fingerprint density at radius 2 is 1.95 bits per heavy atom. The van der Waals surface area contributed by atoms with Gasteiger partial charge in [0.2, 0.25) is 0 Å². The quantitative estimate of drug-likeness (QED) is 0.817. The second-order valence-corrected chi connectivity index (χ2v) is 7.01. The molecule has 2 fully saturated rings. The Balaban J connectivity index is 1.83. The lowest BCUT2D eigenvalue weighted by atomic mass is 9.65. The second kappa shape index (κ2) is 5.42. The molecular weight excluding hydrogens is 260 g/mol. The fraction of sp³-hybridized carbons (Fsp3) is 0.526. The maximum Gasteiger partial charge on any atom is 0.136 e. The summed E-state index contributed by atoms with van der Waals surface area (Å²) in [6.07, 6.45) is 6.08. The zero-order valence-corrected chi connectivity index (χ0v) is 13.1. The SMILES string of the molecule is C[C@@H]1C(=O)C[C@H]2C[C@@H]1[C@H](/C=C/c1ccccc1)OC2(C)C. The summed E-state index contributed by atoms with van der Waals surface area (Å²) in [5.41, 5.74) is 0.966. The van der Waals surface area contributed by atoms with E-state index in [-0.39, 0.29) is 17.6 Å². The van der Waals surface area contributed by atoms with E-state index in [2.05, 4.69) is 45.1 Å². The molecule has 0 amide bonds. The third kappa shape index (κ3) is 2.82. The first-order valence-electron chi connectivity index (χ1n) is 7.91. The highest BCUT2D eigenvalue weighted by atomic mass is 16.5. The summed E-state index contributed by atoms with van der Waals surface area (Å²) in [4.78, 5) is 12.2. The zero-order chi connectivity index (χ0) is 15.0. The first-order chi connectivity index (χ1) is 9.97. The van der Waals surface area contributed by atoms with Crippen molar-refractivity contribution in [2.45, 2.75) is 45.3 Å². The van der Waals surface area contributed by atoms with Crippen LogP contribution in [0.1, 0.15) is 39.2 Å². The molecule has 2 heteroatoms. The molecule has 1 aliphatic heterocycles. The molecule has 0 spiro atoms. The monoisotopic (exact) mass is 284 g/mol. The largest absolute Gasteiger partial charge is 0.368 e. The predicted molar refractivity (Wildman–Crippen MR) is 84.8 cm³/mol. The molecule has 0 radical (unpaired) electrons. The van der Waals surface area contributed by atoms with Crippen molar-refractivity contribution in [2.24, 2.45) is 17.8 Å². The highest BCUT2D eigenvalue weighted by Gasteiger charge is 2.49. The molecule has 4 atom stereocenters. The number of fused-ring (bicyclic) bond motifs is 2. The van der Waals surface area contributed by atoms with Crippen LogP contribution in [0.15, 0.2) is 36.4 Å². The summed E-state index contributed by atoms with van der Waals surface area (Å²) < 4.78 is 6.34. The van der Waals surface area contributed by atoms with E-state index in [0.717, 1.165) is 6.42 Å². The molecule has 0 unspecified atom stereocenters. The summed E-state index contributed by atoms with van der Waals surface area (Å²) >= 11 is 0. The van der Waals surface area contributed by atoms with Crippen LogP contribution in [-0.4, -0.2) is 17.5 Å². The number of ether oxygens (including phenoxy) is 1. The summed E-state index contributed by atoms with van der Waals surface area (Å²) in [6, 6.07) is 10.3. The molecule has 1 heterocycles. The zero-order valence-electron chi connectivity index (χ0n) is 13.1. The van der Waals surface area contributed by atoms with Gasteiger partial charge in [0.25, 0.3) is 0 Å². The van der Waals surface area contributed by atoms with Crippen LogP contribution in [0, 0.1) is 17.8 Å². The number of Topliss-reactive ketones (excluding diaryl/α,β-unsaturated/α-hetero) is 1. The molecule has 1 saturated heterocycles. The van der Waals surface area contributed by atoms with Crippen LogP contribution < -0.4 is 0 Å². The molecule has 0 N–H and O–H groups in total. The Kier molecular flexibility index (Phi) is 3.75. The molecule has 1 aliphatic carbocycles. The molecule has 2 aliphatic rings. The minimum absolute atomic E-state index is 0.0377. The number of hydrogen-bond donors (Lipinski definition) is 0. The minimum atomic E-state index is -0.210. The van der Waals surface area contributed by atoms with Crippen molar-refractivity contribution in [1.29, 1.82) is 0 Å². The van der Waals surface area contributed by atoms with Crippen LogP contribution in [-0.2, 0) is 9.53 Å². The topological polar surface area (TPSA) is 26.3 Å². The number of ketones is 1. The van der Waals surface area contributed by atoms with Gasteiger partial charge in [0.05, 0.1) is 11.7 Å². The first kappa shape index (κ1) is 14.5. The van der Waals surface area contributed by atoms with Crippen molar-refractivity contribution in [2.75, 3.05) is 0 Å². The second-order valence-electron chi connectivity index (χ2n) is 7.01. The van der Waals surface area contributed by atoms with Crippen LogP contribution in [0.5, 0.6) is 0 Å². The number of benzene rings is 1. The predicted octanol–water partition coefficient (Wildman–Crippen LogP) is 4.11.